The van der Waals surface area contributed by atoms with Crippen LogP contribution in [0.1, 0.15) is 11.7 Å². The highest BCUT2D eigenvalue weighted by Crippen LogP contribution is 2.38. The van der Waals surface area contributed by atoms with Crippen molar-refractivity contribution < 1.29 is 14.3 Å². The molecule has 0 N–H and O–H groups in total. The molecule has 1 fully saturated rings. The molecule has 2 aromatic rings. The lowest BCUT2D eigenvalue weighted by Crippen LogP contribution is -2.21. The Kier molecular flexibility index (Phi) is 3.36. The van der Waals surface area contributed by atoms with Crippen LogP contribution < -0.4 is 9.64 Å². The Bertz CT molecular complexity index is 664. The van der Waals surface area contributed by atoms with Gasteiger partial charge in [-0.05, 0) is 29.8 Å². The lowest BCUT2D eigenvalue weighted by atomic mass is 10.1. The van der Waals surface area contributed by atoms with Crippen molar-refractivity contribution >= 4 is 11.8 Å². The summed E-state index contributed by atoms with van der Waals surface area (Å²) in [6.07, 6.45) is -0.861. The Morgan fingerprint density at radius 2 is 1.76 bits per heavy atom. The van der Waals surface area contributed by atoms with Crippen molar-refractivity contribution in [3.8, 4) is 5.75 Å². The third-order valence-corrected chi connectivity index (χ3v) is 3.42. The van der Waals surface area contributed by atoms with Crippen LogP contribution in [0.4, 0.5) is 10.5 Å². The van der Waals surface area contributed by atoms with Gasteiger partial charge in [-0.15, -0.1) is 0 Å². The minimum absolute atomic E-state index is 0.418. The summed E-state index contributed by atoms with van der Waals surface area (Å²) in [6.45, 7) is 4.01. The van der Waals surface area contributed by atoms with Crippen LogP contribution in [0.2, 0.25) is 0 Å². The first-order valence-electron chi connectivity index (χ1n) is 6.59. The highest BCUT2D eigenvalue weighted by Gasteiger charge is 2.37. The maximum absolute atomic E-state index is 12.1. The summed E-state index contributed by atoms with van der Waals surface area (Å²) in [7, 11) is 1.60. The van der Waals surface area contributed by atoms with E-state index in [2.05, 4.69) is 6.58 Å². The van der Waals surface area contributed by atoms with Gasteiger partial charge in [0.15, 0.2) is 6.10 Å². The van der Waals surface area contributed by atoms with E-state index in [-0.39, 0.29) is 0 Å². The first-order chi connectivity index (χ1) is 10.2. The topological polar surface area (TPSA) is 38.8 Å². The molecule has 1 saturated heterocycles. The van der Waals surface area contributed by atoms with Gasteiger partial charge in [-0.1, -0.05) is 36.9 Å². The largest absolute Gasteiger partial charge is 0.497 e. The Morgan fingerprint density at radius 3 is 2.38 bits per heavy atom. The number of benzene rings is 2. The molecule has 1 aliphatic heterocycles. The minimum atomic E-state index is -0.444. The summed E-state index contributed by atoms with van der Waals surface area (Å²) < 4.78 is 10.6. The summed E-state index contributed by atoms with van der Waals surface area (Å²) >= 11 is 0. The number of anilines is 1. The Labute approximate surface area is 123 Å². The molecule has 106 valence electrons. The molecule has 1 amide bonds. The first-order valence-corrected chi connectivity index (χ1v) is 6.59. The second kappa shape index (κ2) is 5.32. The lowest BCUT2D eigenvalue weighted by molar-refractivity contribution is 0.147. The second-order valence-electron chi connectivity index (χ2n) is 4.70. The molecule has 1 unspecified atom stereocenters. The van der Waals surface area contributed by atoms with Gasteiger partial charge in [0.05, 0.1) is 18.5 Å². The van der Waals surface area contributed by atoms with Gasteiger partial charge >= 0.3 is 6.09 Å². The van der Waals surface area contributed by atoms with E-state index in [4.69, 9.17) is 9.47 Å². The highest BCUT2D eigenvalue weighted by atomic mass is 16.6. The third kappa shape index (κ3) is 2.36. The van der Waals surface area contributed by atoms with Gasteiger partial charge < -0.3 is 9.47 Å². The monoisotopic (exact) mass is 281 g/mol. The average Bonchev–Trinajstić information content (AvgIpc) is 2.83. The summed E-state index contributed by atoms with van der Waals surface area (Å²) in [5.74, 6) is 0.733. The van der Waals surface area contributed by atoms with Crippen molar-refractivity contribution in [3.63, 3.8) is 0 Å². The predicted octanol–water partition coefficient (Wildman–Crippen LogP) is 3.91. The molecular weight excluding hydrogens is 266 g/mol. The zero-order valence-electron chi connectivity index (χ0n) is 11.7. The predicted molar refractivity (Wildman–Crippen MR) is 80.3 cm³/mol. The molecule has 1 aliphatic rings. The molecule has 0 bridgehead atoms. The van der Waals surface area contributed by atoms with Gasteiger partial charge in [-0.2, -0.15) is 0 Å². The molecule has 0 aliphatic carbocycles. The van der Waals surface area contributed by atoms with Crippen molar-refractivity contribution in [3.05, 3.63) is 72.4 Å². The van der Waals surface area contributed by atoms with Gasteiger partial charge in [0.1, 0.15) is 5.75 Å². The summed E-state index contributed by atoms with van der Waals surface area (Å²) in [4.78, 5) is 13.6. The van der Waals surface area contributed by atoms with E-state index >= 15 is 0 Å². The molecular formula is C17H15NO3. The lowest BCUT2D eigenvalue weighted by Gasteiger charge is -2.15. The number of hydrogen-bond donors (Lipinski definition) is 0. The van der Waals surface area contributed by atoms with Crippen LogP contribution in [-0.4, -0.2) is 13.2 Å². The van der Waals surface area contributed by atoms with E-state index in [1.165, 1.54) is 4.90 Å². The average molecular weight is 281 g/mol. The van der Waals surface area contributed by atoms with E-state index in [0.29, 0.717) is 11.4 Å². The number of amides is 1. The fraction of sp³-hybridized carbons (Fsp3) is 0.118. The van der Waals surface area contributed by atoms with Crippen molar-refractivity contribution in [2.24, 2.45) is 0 Å². The van der Waals surface area contributed by atoms with E-state index < -0.39 is 12.2 Å². The van der Waals surface area contributed by atoms with E-state index in [1.54, 1.807) is 31.4 Å². The summed E-state index contributed by atoms with van der Waals surface area (Å²) in [6, 6.07) is 16.8. The number of carbonyl (C=O) groups excluding carboxylic acids is 1. The quantitative estimate of drug-likeness (QED) is 0.856. The number of nitrogens with zero attached hydrogens (tertiary/aromatic N) is 1. The molecule has 3 rings (SSSR count). The summed E-state index contributed by atoms with van der Waals surface area (Å²) in [5.41, 5.74) is 2.23. The normalized spacial score (nSPS) is 17.8. The van der Waals surface area contributed by atoms with Crippen LogP contribution in [0.15, 0.2) is 66.9 Å². The Morgan fingerprint density at radius 1 is 1.10 bits per heavy atom. The maximum Gasteiger partial charge on any atom is 0.419 e. The van der Waals surface area contributed by atoms with Crippen LogP contribution in [0.3, 0.4) is 0 Å². The SMILES string of the molecule is C=C1C(c2ccccc2)OC(=O)N1c1ccc(OC)cc1. The van der Waals surface area contributed by atoms with Gasteiger partial charge in [0.2, 0.25) is 0 Å². The molecule has 0 saturated carbocycles. The Hall–Kier alpha value is -2.75. The van der Waals surface area contributed by atoms with Gasteiger partial charge in [-0.25, -0.2) is 9.69 Å². The van der Waals surface area contributed by atoms with E-state index in [9.17, 15) is 4.79 Å². The van der Waals surface area contributed by atoms with Crippen LogP contribution in [0.25, 0.3) is 0 Å². The maximum atomic E-state index is 12.1. The number of hydrogen-bond acceptors (Lipinski definition) is 3. The van der Waals surface area contributed by atoms with Crippen molar-refractivity contribution in [1.29, 1.82) is 0 Å². The van der Waals surface area contributed by atoms with Crippen molar-refractivity contribution in [2.45, 2.75) is 6.10 Å². The second-order valence-corrected chi connectivity index (χ2v) is 4.70. The molecule has 0 radical (unpaired) electrons. The smallest absolute Gasteiger partial charge is 0.419 e. The van der Waals surface area contributed by atoms with Gasteiger partial charge in [0, 0.05) is 0 Å². The van der Waals surface area contributed by atoms with Gasteiger partial charge in [0.25, 0.3) is 0 Å². The van der Waals surface area contributed by atoms with Gasteiger partial charge in [-0.3, -0.25) is 0 Å². The number of methoxy groups -OCH3 is 1. The standard InChI is InChI=1S/C17H15NO3/c1-12-16(13-6-4-3-5-7-13)21-17(19)18(12)14-8-10-15(20-2)11-9-14/h3-11,16H,1H2,2H3. The molecule has 0 spiro atoms. The minimum Gasteiger partial charge on any atom is -0.497 e. The molecule has 1 atom stereocenters. The molecule has 21 heavy (non-hydrogen) atoms. The van der Waals surface area contributed by atoms with E-state index in [0.717, 1.165) is 11.3 Å². The van der Waals surface area contributed by atoms with Crippen LogP contribution in [0, 0.1) is 0 Å². The van der Waals surface area contributed by atoms with Crippen molar-refractivity contribution in [2.75, 3.05) is 12.0 Å². The van der Waals surface area contributed by atoms with Crippen LogP contribution in [-0.2, 0) is 4.74 Å². The highest BCUT2D eigenvalue weighted by molar-refractivity contribution is 5.94. The molecule has 4 nitrogen and oxygen atoms in total. The first kappa shape index (κ1) is 13.2. The summed E-state index contributed by atoms with van der Waals surface area (Å²) in [5, 5.41) is 0. The zero-order valence-corrected chi connectivity index (χ0v) is 11.7. The Balaban J connectivity index is 1.90. The number of rotatable bonds is 3. The fourth-order valence-corrected chi connectivity index (χ4v) is 2.35. The van der Waals surface area contributed by atoms with Crippen LogP contribution in [0.5, 0.6) is 5.75 Å². The zero-order chi connectivity index (χ0) is 14.8. The molecule has 1 heterocycles. The van der Waals surface area contributed by atoms with Crippen LogP contribution >= 0.6 is 0 Å². The fourth-order valence-electron chi connectivity index (χ4n) is 2.35. The molecule has 0 aromatic heterocycles. The number of carbonyl (C=O) groups is 1. The number of ether oxygens (including phenoxy) is 2. The van der Waals surface area contributed by atoms with E-state index in [1.807, 2.05) is 30.3 Å². The molecule has 2 aromatic carbocycles. The third-order valence-electron chi connectivity index (χ3n) is 3.42. The van der Waals surface area contributed by atoms with Crippen molar-refractivity contribution in [1.82, 2.24) is 0 Å². The number of cyclic esters (lactones) is 1. The molecule has 4 heteroatoms.